The number of hydrogen-bond acceptors (Lipinski definition) is 6. The van der Waals surface area contributed by atoms with Crippen LogP contribution in [0.25, 0.3) is 11.3 Å². The number of aliphatic hydroxyl groups is 1. The van der Waals surface area contributed by atoms with Crippen LogP contribution < -0.4 is 11.1 Å². The number of hydrogen-bond donors (Lipinski definition) is 3. The van der Waals surface area contributed by atoms with Crippen molar-refractivity contribution in [2.45, 2.75) is 49.5 Å². The number of aromatic nitrogens is 2. The molecule has 2 aromatic heterocycles. The van der Waals surface area contributed by atoms with E-state index in [4.69, 9.17) is 10.5 Å². The van der Waals surface area contributed by atoms with Crippen LogP contribution in [0.2, 0.25) is 0 Å². The molecule has 4 atom stereocenters. The summed E-state index contributed by atoms with van der Waals surface area (Å²) in [5.74, 6) is -3.70. The fraction of sp³-hybridized carbons (Fsp3) is 0.320. The van der Waals surface area contributed by atoms with Gasteiger partial charge in [0.15, 0.2) is 0 Å². The summed E-state index contributed by atoms with van der Waals surface area (Å²) >= 11 is 0. The Bertz CT molecular complexity index is 1270. The maximum absolute atomic E-state index is 14.4. The van der Waals surface area contributed by atoms with Crippen molar-refractivity contribution in [3.8, 4) is 11.3 Å². The molecule has 182 valence electrons. The molecule has 4 N–H and O–H groups in total. The minimum atomic E-state index is -1.07. The molecule has 1 amide bonds. The number of carbonyl (C=O) groups is 1. The van der Waals surface area contributed by atoms with Gasteiger partial charge in [-0.1, -0.05) is 6.07 Å². The summed E-state index contributed by atoms with van der Waals surface area (Å²) < 4.78 is 49.0. The van der Waals surface area contributed by atoms with Crippen LogP contribution >= 0.6 is 0 Å². The number of pyridine rings is 2. The fourth-order valence-corrected chi connectivity index (χ4v) is 4.93. The molecule has 1 aromatic carbocycles. The average Bonchev–Trinajstić information content (AvgIpc) is 3.22. The van der Waals surface area contributed by atoms with Gasteiger partial charge in [-0.05, 0) is 56.0 Å². The third kappa shape index (κ3) is 4.18. The minimum absolute atomic E-state index is 0.245. The Morgan fingerprint density at radius 2 is 1.91 bits per heavy atom. The van der Waals surface area contributed by atoms with Crippen LogP contribution in [0.15, 0.2) is 48.8 Å². The first-order valence-corrected chi connectivity index (χ1v) is 11.3. The summed E-state index contributed by atoms with van der Waals surface area (Å²) in [7, 11) is 0. The second kappa shape index (κ2) is 9.03. The van der Waals surface area contributed by atoms with E-state index in [1.165, 1.54) is 6.20 Å². The first-order valence-electron chi connectivity index (χ1n) is 11.3. The average molecular weight is 484 g/mol. The quantitative estimate of drug-likeness (QED) is 0.518. The molecule has 10 heteroatoms. The Hall–Kier alpha value is -3.34. The number of halogens is 3. The number of rotatable bonds is 4. The second-order valence-electron chi connectivity index (χ2n) is 8.88. The van der Waals surface area contributed by atoms with Crippen LogP contribution in [0.5, 0.6) is 0 Å². The second-order valence-corrected chi connectivity index (χ2v) is 8.88. The van der Waals surface area contributed by atoms with Crippen molar-refractivity contribution in [2.24, 2.45) is 5.73 Å². The van der Waals surface area contributed by atoms with Gasteiger partial charge in [-0.3, -0.25) is 9.78 Å². The highest BCUT2D eigenvalue weighted by Crippen LogP contribution is 2.45. The molecule has 2 aliphatic rings. The third-order valence-electron chi connectivity index (χ3n) is 6.77. The van der Waals surface area contributed by atoms with Crippen molar-refractivity contribution in [3.63, 3.8) is 0 Å². The summed E-state index contributed by atoms with van der Waals surface area (Å²) in [6, 6.07) is 6.35. The number of benzene rings is 1. The van der Waals surface area contributed by atoms with E-state index in [0.717, 1.165) is 36.8 Å². The van der Waals surface area contributed by atoms with E-state index in [0.29, 0.717) is 30.5 Å². The number of ether oxygens (including phenoxy) is 1. The molecule has 3 aromatic rings. The van der Waals surface area contributed by atoms with Gasteiger partial charge < -0.3 is 20.9 Å². The van der Waals surface area contributed by atoms with Gasteiger partial charge in [-0.25, -0.2) is 18.2 Å². The number of nitrogens with one attached hydrogen (secondary N) is 1. The molecular weight excluding hydrogens is 461 g/mol. The molecule has 1 saturated carbocycles. The molecule has 0 spiro atoms. The third-order valence-corrected chi connectivity index (χ3v) is 6.77. The van der Waals surface area contributed by atoms with E-state index in [-0.39, 0.29) is 5.69 Å². The van der Waals surface area contributed by atoms with Crippen LogP contribution in [0.1, 0.15) is 47.8 Å². The molecule has 2 fully saturated rings. The molecule has 1 aliphatic heterocycles. The molecule has 1 saturated heterocycles. The van der Waals surface area contributed by atoms with Crippen molar-refractivity contribution in [3.05, 3.63) is 77.5 Å². The Morgan fingerprint density at radius 1 is 1.14 bits per heavy atom. The zero-order chi connectivity index (χ0) is 24.7. The Balaban J connectivity index is 1.42. The smallest absolute Gasteiger partial charge is 0.274 e. The first kappa shape index (κ1) is 23.4. The summed E-state index contributed by atoms with van der Waals surface area (Å²) in [4.78, 5) is 20.9. The Labute approximate surface area is 199 Å². The molecular formula is C25H23F3N4O3. The number of carbonyl (C=O) groups excluding carboxylic acids is 1. The molecule has 35 heavy (non-hydrogen) atoms. The zero-order valence-electron chi connectivity index (χ0n) is 18.5. The van der Waals surface area contributed by atoms with Crippen LogP contribution in [0, 0.1) is 17.5 Å². The number of amides is 1. The molecule has 0 unspecified atom stereocenters. The van der Waals surface area contributed by atoms with Crippen molar-refractivity contribution >= 4 is 11.6 Å². The maximum Gasteiger partial charge on any atom is 0.274 e. The Kier molecular flexibility index (Phi) is 6.04. The van der Waals surface area contributed by atoms with Gasteiger partial charge in [0.05, 0.1) is 29.7 Å². The van der Waals surface area contributed by atoms with E-state index in [1.807, 2.05) is 0 Å². The zero-order valence-corrected chi connectivity index (χ0v) is 18.5. The number of nitrogens with zero attached hydrogens (tertiary/aromatic N) is 2. The van der Waals surface area contributed by atoms with E-state index in [2.05, 4.69) is 15.3 Å². The van der Waals surface area contributed by atoms with E-state index in [1.54, 1.807) is 12.3 Å². The predicted octanol–water partition coefficient (Wildman–Crippen LogP) is 3.89. The lowest BCUT2D eigenvalue weighted by Gasteiger charge is -2.43. The lowest BCUT2D eigenvalue weighted by Crippen LogP contribution is -2.58. The first-order chi connectivity index (χ1) is 16.8. The molecule has 0 radical (unpaired) electrons. The molecule has 7 nitrogen and oxygen atoms in total. The van der Waals surface area contributed by atoms with E-state index in [9.17, 15) is 23.1 Å². The summed E-state index contributed by atoms with van der Waals surface area (Å²) in [6.07, 6.45) is 4.48. The van der Waals surface area contributed by atoms with Gasteiger partial charge in [0.25, 0.3) is 5.91 Å². The van der Waals surface area contributed by atoms with E-state index < -0.39 is 58.5 Å². The Morgan fingerprint density at radius 3 is 2.69 bits per heavy atom. The number of nitrogens with two attached hydrogens (primary N) is 1. The number of fused-ring (bicyclic) bond motifs is 1. The molecule has 0 bridgehead atoms. The minimum Gasteiger partial charge on any atom is -0.386 e. The fourth-order valence-electron chi connectivity index (χ4n) is 4.93. The van der Waals surface area contributed by atoms with Crippen molar-refractivity contribution in [1.82, 2.24) is 9.97 Å². The molecule has 1 aliphatic carbocycles. The lowest BCUT2D eigenvalue weighted by atomic mass is 9.83. The van der Waals surface area contributed by atoms with E-state index >= 15 is 0 Å². The van der Waals surface area contributed by atoms with Crippen LogP contribution in [-0.2, 0) is 4.74 Å². The molecule has 5 rings (SSSR count). The van der Waals surface area contributed by atoms with Crippen molar-refractivity contribution < 1.29 is 27.8 Å². The largest absolute Gasteiger partial charge is 0.386 e. The monoisotopic (exact) mass is 484 g/mol. The van der Waals surface area contributed by atoms with Gasteiger partial charge >= 0.3 is 0 Å². The topological polar surface area (TPSA) is 110 Å². The highest BCUT2D eigenvalue weighted by Gasteiger charge is 2.51. The van der Waals surface area contributed by atoms with Crippen molar-refractivity contribution in [1.29, 1.82) is 0 Å². The normalized spacial score (nSPS) is 25.8. The van der Waals surface area contributed by atoms with Gasteiger partial charge in [0, 0.05) is 17.8 Å². The molecule has 3 heterocycles. The standard InChI is InChI=1S/C25H23F3N4O3/c26-14-3-1-4-15(27)22(14)23-16(28)6-7-17(31-23)24(33)32-18-12-30-10-8-13(18)19-11-20(29)25(34)9-2-5-21(25)35-19/h1,3-4,6-8,10,12,19-21,34H,2,5,9,11,29H2,(H,32,33)/t19-,20-,21-,25+/m0/s1. The summed E-state index contributed by atoms with van der Waals surface area (Å²) in [6.45, 7) is 0. The van der Waals surface area contributed by atoms with Crippen LogP contribution in [0.4, 0.5) is 18.9 Å². The predicted molar refractivity (Wildman–Crippen MR) is 121 cm³/mol. The van der Waals surface area contributed by atoms with Gasteiger partial charge in [0.2, 0.25) is 0 Å². The maximum atomic E-state index is 14.4. The summed E-state index contributed by atoms with van der Waals surface area (Å²) in [5, 5.41) is 13.5. The highest BCUT2D eigenvalue weighted by atomic mass is 19.1. The summed E-state index contributed by atoms with van der Waals surface area (Å²) in [5.41, 5.74) is 4.65. The highest BCUT2D eigenvalue weighted by molar-refractivity contribution is 6.03. The van der Waals surface area contributed by atoms with Crippen molar-refractivity contribution in [2.75, 3.05) is 5.32 Å². The van der Waals surface area contributed by atoms with Crippen LogP contribution in [0.3, 0.4) is 0 Å². The SMILES string of the molecule is N[C@H]1C[C@@H](c2ccncc2NC(=O)c2ccc(F)c(-c3c(F)cccc3F)n2)O[C@H]2CCC[C@]21O. The van der Waals surface area contributed by atoms with Crippen LogP contribution in [-0.4, -0.2) is 38.7 Å². The van der Waals surface area contributed by atoms with Gasteiger partial charge in [0.1, 0.15) is 34.4 Å². The lowest BCUT2D eigenvalue weighted by molar-refractivity contribution is -0.171. The van der Waals surface area contributed by atoms with Gasteiger partial charge in [-0.2, -0.15) is 0 Å². The number of anilines is 1. The van der Waals surface area contributed by atoms with Gasteiger partial charge in [-0.15, -0.1) is 0 Å².